The smallest absolute Gasteiger partial charge is 0.305 e. The van der Waals surface area contributed by atoms with Crippen LogP contribution in [0.15, 0.2) is 23.8 Å². The predicted molar refractivity (Wildman–Crippen MR) is 88.1 cm³/mol. The van der Waals surface area contributed by atoms with Gasteiger partial charge in [-0.05, 0) is 25.0 Å². The van der Waals surface area contributed by atoms with Gasteiger partial charge in [-0.1, -0.05) is 25.0 Å². The summed E-state index contributed by atoms with van der Waals surface area (Å²) in [6.45, 7) is 0.141. The highest BCUT2D eigenvalue weighted by Crippen LogP contribution is 2.36. The van der Waals surface area contributed by atoms with Crippen molar-refractivity contribution in [3.63, 3.8) is 0 Å². The second-order valence-corrected chi connectivity index (χ2v) is 6.35. The van der Waals surface area contributed by atoms with Crippen LogP contribution in [0.4, 0.5) is 0 Å². The van der Waals surface area contributed by atoms with Crippen LogP contribution in [0, 0.1) is 0 Å². The number of carbonyl (C=O) groups is 2. The molecule has 6 nitrogen and oxygen atoms in total. The summed E-state index contributed by atoms with van der Waals surface area (Å²) in [6.07, 6.45) is 5.00. The van der Waals surface area contributed by atoms with Crippen molar-refractivity contribution in [2.24, 2.45) is 0 Å². The van der Waals surface area contributed by atoms with Gasteiger partial charge in [0.05, 0.1) is 24.6 Å². The van der Waals surface area contributed by atoms with Crippen molar-refractivity contribution in [3.05, 3.63) is 29.3 Å². The molecule has 1 amide bonds. The Morgan fingerprint density at radius 3 is 2.75 bits per heavy atom. The number of ether oxygens (including phenoxy) is 2. The first kappa shape index (κ1) is 16.4. The first-order valence-electron chi connectivity index (χ1n) is 8.08. The van der Waals surface area contributed by atoms with E-state index in [4.69, 9.17) is 14.6 Å². The zero-order valence-electron chi connectivity index (χ0n) is 13.6. The van der Waals surface area contributed by atoms with Gasteiger partial charge < -0.3 is 19.9 Å². The van der Waals surface area contributed by atoms with Crippen LogP contribution in [0.2, 0.25) is 0 Å². The number of amides is 1. The summed E-state index contributed by atoms with van der Waals surface area (Å²) in [7, 11) is 1.57. The molecule has 2 aliphatic rings. The van der Waals surface area contributed by atoms with E-state index in [9.17, 15) is 9.59 Å². The van der Waals surface area contributed by atoms with Gasteiger partial charge in [0.15, 0.2) is 11.5 Å². The molecule has 1 aliphatic heterocycles. The lowest BCUT2D eigenvalue weighted by Crippen LogP contribution is -2.48. The minimum absolute atomic E-state index is 0.0444. The molecule has 0 radical (unpaired) electrons. The number of aliphatic carboxylic acids is 1. The Bertz CT molecular complexity index is 689. The fraction of sp³-hybridized carbons (Fsp3) is 0.444. The van der Waals surface area contributed by atoms with E-state index in [1.54, 1.807) is 19.3 Å². The Morgan fingerprint density at radius 1 is 1.33 bits per heavy atom. The van der Waals surface area contributed by atoms with Crippen LogP contribution in [0.5, 0.6) is 11.5 Å². The van der Waals surface area contributed by atoms with Crippen LogP contribution >= 0.6 is 0 Å². The predicted octanol–water partition coefficient (Wildman–Crippen LogP) is 2.37. The van der Waals surface area contributed by atoms with Gasteiger partial charge in [0.1, 0.15) is 6.61 Å². The molecule has 0 saturated heterocycles. The number of methoxy groups -OCH3 is 1. The Kier molecular flexibility index (Phi) is 4.46. The molecule has 0 spiro atoms. The van der Waals surface area contributed by atoms with Gasteiger partial charge in [-0.25, -0.2) is 0 Å². The van der Waals surface area contributed by atoms with E-state index in [2.05, 4.69) is 5.32 Å². The summed E-state index contributed by atoms with van der Waals surface area (Å²) < 4.78 is 10.9. The number of hydrogen-bond donors (Lipinski definition) is 2. The highest BCUT2D eigenvalue weighted by molar-refractivity contribution is 6.00. The maximum absolute atomic E-state index is 12.6. The summed E-state index contributed by atoms with van der Waals surface area (Å²) in [5.74, 6) is 0.104. The van der Waals surface area contributed by atoms with Crippen LogP contribution < -0.4 is 14.8 Å². The normalized spacial score (nSPS) is 18.1. The molecule has 1 heterocycles. The molecule has 1 aromatic rings. The third kappa shape index (κ3) is 3.22. The molecule has 2 N–H and O–H groups in total. The van der Waals surface area contributed by atoms with Crippen molar-refractivity contribution in [1.82, 2.24) is 5.32 Å². The van der Waals surface area contributed by atoms with Crippen molar-refractivity contribution >= 4 is 18.0 Å². The Labute approximate surface area is 140 Å². The molecule has 0 unspecified atom stereocenters. The topological polar surface area (TPSA) is 84.9 Å². The third-order valence-corrected chi connectivity index (χ3v) is 4.65. The van der Waals surface area contributed by atoms with Gasteiger partial charge in [0.2, 0.25) is 0 Å². The standard InChI is InChI=1S/C18H21NO5/c1-23-14-6-4-5-12-9-13(11-24-16(12)14)17(22)19-18(10-15(20)21)7-2-3-8-18/h4-6,9H,2-3,7-8,10-11H2,1H3,(H,19,22)(H,20,21). The highest BCUT2D eigenvalue weighted by Gasteiger charge is 2.38. The Balaban J connectivity index is 1.80. The Morgan fingerprint density at radius 2 is 2.08 bits per heavy atom. The van der Waals surface area contributed by atoms with E-state index in [0.717, 1.165) is 18.4 Å². The number of carboxylic acids is 1. The van der Waals surface area contributed by atoms with Crippen LogP contribution in [-0.4, -0.2) is 36.2 Å². The molecule has 24 heavy (non-hydrogen) atoms. The molecule has 1 saturated carbocycles. The quantitative estimate of drug-likeness (QED) is 0.865. The summed E-state index contributed by atoms with van der Waals surface area (Å²) in [5, 5.41) is 12.1. The maximum atomic E-state index is 12.6. The highest BCUT2D eigenvalue weighted by atomic mass is 16.5. The molecular weight excluding hydrogens is 310 g/mol. The second kappa shape index (κ2) is 6.55. The molecule has 1 aliphatic carbocycles. The number of carbonyl (C=O) groups excluding carboxylic acids is 1. The van der Waals surface area contributed by atoms with Gasteiger partial charge in [-0.2, -0.15) is 0 Å². The van der Waals surface area contributed by atoms with E-state index in [1.165, 1.54) is 0 Å². The van der Waals surface area contributed by atoms with Gasteiger partial charge in [-0.15, -0.1) is 0 Å². The zero-order chi connectivity index (χ0) is 17.2. The largest absolute Gasteiger partial charge is 0.493 e. The van der Waals surface area contributed by atoms with Crippen LogP contribution in [0.25, 0.3) is 6.08 Å². The molecule has 3 rings (SSSR count). The van der Waals surface area contributed by atoms with Crippen molar-refractivity contribution in [2.75, 3.05) is 13.7 Å². The number of hydrogen-bond acceptors (Lipinski definition) is 4. The fourth-order valence-electron chi connectivity index (χ4n) is 3.48. The first-order valence-corrected chi connectivity index (χ1v) is 8.08. The molecular formula is C18H21NO5. The van der Waals surface area contributed by atoms with E-state index < -0.39 is 11.5 Å². The lowest BCUT2D eigenvalue weighted by Gasteiger charge is -2.30. The second-order valence-electron chi connectivity index (χ2n) is 6.35. The number of fused-ring (bicyclic) bond motifs is 1. The van der Waals surface area contributed by atoms with Crippen LogP contribution in [0.1, 0.15) is 37.7 Å². The number of nitrogens with one attached hydrogen (secondary N) is 1. The number of benzene rings is 1. The minimum Gasteiger partial charge on any atom is -0.493 e. The van der Waals surface area contributed by atoms with Crippen molar-refractivity contribution in [2.45, 2.75) is 37.6 Å². The Hall–Kier alpha value is -2.50. The van der Waals surface area contributed by atoms with Crippen LogP contribution in [-0.2, 0) is 9.59 Å². The van der Waals surface area contributed by atoms with Crippen molar-refractivity contribution < 1.29 is 24.2 Å². The molecule has 0 bridgehead atoms. The first-order chi connectivity index (χ1) is 11.5. The number of para-hydroxylation sites is 1. The van der Waals surface area contributed by atoms with E-state index in [-0.39, 0.29) is 18.9 Å². The van der Waals surface area contributed by atoms with Gasteiger partial charge >= 0.3 is 5.97 Å². The third-order valence-electron chi connectivity index (χ3n) is 4.65. The molecule has 0 aromatic heterocycles. The summed E-state index contributed by atoms with van der Waals surface area (Å²) >= 11 is 0. The van der Waals surface area contributed by atoms with Gasteiger partial charge in [-0.3, -0.25) is 9.59 Å². The van der Waals surface area contributed by atoms with Crippen molar-refractivity contribution in [3.8, 4) is 11.5 Å². The average Bonchev–Trinajstić information content (AvgIpc) is 3.00. The maximum Gasteiger partial charge on any atom is 0.305 e. The van der Waals surface area contributed by atoms with Crippen molar-refractivity contribution in [1.29, 1.82) is 0 Å². The summed E-state index contributed by atoms with van der Waals surface area (Å²) in [5.41, 5.74) is 0.634. The van der Waals surface area contributed by atoms with Gasteiger partial charge in [0.25, 0.3) is 5.91 Å². The molecule has 1 fully saturated rings. The monoisotopic (exact) mass is 331 g/mol. The van der Waals surface area contributed by atoms with Crippen LogP contribution in [0.3, 0.4) is 0 Å². The number of carboxylic acid groups (broad SMARTS) is 1. The molecule has 128 valence electrons. The van der Waals surface area contributed by atoms with E-state index in [1.807, 2.05) is 12.1 Å². The van der Waals surface area contributed by atoms with Gasteiger partial charge in [0, 0.05) is 5.56 Å². The minimum atomic E-state index is -0.888. The SMILES string of the molecule is COc1cccc2c1OCC(C(=O)NC1(CC(=O)O)CCCC1)=C2. The molecule has 6 heteroatoms. The zero-order valence-corrected chi connectivity index (χ0v) is 13.6. The molecule has 1 aromatic carbocycles. The lowest BCUT2D eigenvalue weighted by atomic mass is 9.92. The number of rotatable bonds is 5. The molecule has 0 atom stereocenters. The fourth-order valence-corrected chi connectivity index (χ4v) is 3.48. The summed E-state index contributed by atoms with van der Waals surface area (Å²) in [6, 6.07) is 5.49. The van der Waals surface area contributed by atoms with E-state index >= 15 is 0 Å². The summed E-state index contributed by atoms with van der Waals surface area (Å²) in [4.78, 5) is 23.8. The van der Waals surface area contributed by atoms with E-state index in [0.29, 0.717) is 29.9 Å². The average molecular weight is 331 g/mol. The lowest BCUT2D eigenvalue weighted by molar-refractivity contribution is -0.139.